The lowest BCUT2D eigenvalue weighted by Gasteiger charge is -2.17. The fourth-order valence-electron chi connectivity index (χ4n) is 1.62. The molecule has 0 bridgehead atoms. The van der Waals surface area contributed by atoms with E-state index in [1.807, 2.05) is 13.1 Å². The number of nitrogens with zero attached hydrogens (tertiary/aromatic N) is 1. The van der Waals surface area contributed by atoms with Gasteiger partial charge < -0.3 is 0 Å². The van der Waals surface area contributed by atoms with Crippen molar-refractivity contribution in [3.63, 3.8) is 0 Å². The molecule has 1 heterocycles. The lowest BCUT2D eigenvalue weighted by molar-refractivity contribution is -0.137. The first-order chi connectivity index (χ1) is 8.41. The van der Waals surface area contributed by atoms with E-state index in [1.54, 1.807) is 10.4 Å². The Balaban J connectivity index is 2.26. The molecule has 0 radical (unpaired) electrons. The zero-order chi connectivity index (χ0) is 13.3. The molecule has 1 aromatic rings. The predicted molar refractivity (Wildman–Crippen MR) is 69.8 cm³/mol. The molecule has 1 aliphatic heterocycles. The van der Waals surface area contributed by atoms with Gasteiger partial charge in [-0.15, -0.1) is 11.6 Å². The van der Waals surface area contributed by atoms with Crippen LogP contribution in [-0.2, 0) is 6.18 Å². The molecule has 0 amide bonds. The van der Waals surface area contributed by atoms with Gasteiger partial charge >= 0.3 is 6.18 Å². The van der Waals surface area contributed by atoms with E-state index in [1.165, 1.54) is 18.0 Å². The lowest BCUT2D eigenvalue weighted by Crippen LogP contribution is -2.09. The summed E-state index contributed by atoms with van der Waals surface area (Å²) in [5.41, 5.74) is 0.940. The third-order valence-corrected chi connectivity index (χ3v) is 4.47. The normalized spacial score (nSPS) is 20.2. The van der Waals surface area contributed by atoms with Gasteiger partial charge in [0.15, 0.2) is 0 Å². The van der Waals surface area contributed by atoms with E-state index in [4.69, 9.17) is 11.6 Å². The van der Waals surface area contributed by atoms with E-state index in [2.05, 4.69) is 0 Å². The standard InChI is InChI=1S/C12H11ClF3NS/c1-8-7-17(18-11(8)6-13)10-4-2-3-9(5-10)12(14,15)16/h2-5,7,11H,6H2,1H3. The van der Waals surface area contributed by atoms with Crippen LogP contribution in [0.25, 0.3) is 0 Å². The zero-order valence-electron chi connectivity index (χ0n) is 9.54. The summed E-state index contributed by atoms with van der Waals surface area (Å²) >= 11 is 7.22. The molecule has 1 unspecified atom stereocenters. The van der Waals surface area contributed by atoms with Crippen molar-refractivity contribution in [2.24, 2.45) is 0 Å². The third-order valence-electron chi connectivity index (χ3n) is 2.64. The molecule has 1 atom stereocenters. The smallest absolute Gasteiger partial charge is 0.291 e. The van der Waals surface area contributed by atoms with Gasteiger partial charge in [-0.2, -0.15) is 13.2 Å². The number of hydrogen-bond donors (Lipinski definition) is 0. The highest BCUT2D eigenvalue weighted by Crippen LogP contribution is 2.39. The van der Waals surface area contributed by atoms with Crippen molar-refractivity contribution in [1.82, 2.24) is 0 Å². The maximum absolute atomic E-state index is 12.6. The molecule has 6 heteroatoms. The topological polar surface area (TPSA) is 3.24 Å². The monoisotopic (exact) mass is 293 g/mol. The maximum atomic E-state index is 12.6. The second-order valence-electron chi connectivity index (χ2n) is 4.00. The largest absolute Gasteiger partial charge is 0.416 e. The van der Waals surface area contributed by atoms with E-state index in [0.717, 1.165) is 17.7 Å². The highest BCUT2D eigenvalue weighted by molar-refractivity contribution is 8.01. The first-order valence-electron chi connectivity index (χ1n) is 5.29. The minimum absolute atomic E-state index is 0.126. The fourth-order valence-corrected chi connectivity index (χ4v) is 3.06. The Kier molecular flexibility index (Phi) is 3.82. The summed E-state index contributed by atoms with van der Waals surface area (Å²) in [6, 6.07) is 5.28. The van der Waals surface area contributed by atoms with Gasteiger partial charge in [-0.05, 0) is 42.6 Å². The van der Waals surface area contributed by atoms with E-state index in [9.17, 15) is 13.2 Å². The molecule has 0 aliphatic carbocycles. The van der Waals surface area contributed by atoms with Crippen molar-refractivity contribution in [3.05, 3.63) is 41.6 Å². The van der Waals surface area contributed by atoms with Crippen molar-refractivity contribution in [3.8, 4) is 0 Å². The van der Waals surface area contributed by atoms with Gasteiger partial charge in [0.2, 0.25) is 0 Å². The van der Waals surface area contributed by atoms with Gasteiger partial charge in [0, 0.05) is 12.1 Å². The first-order valence-corrected chi connectivity index (χ1v) is 6.66. The SMILES string of the molecule is CC1=CN(c2cccc(C(F)(F)F)c2)SC1CCl. The Morgan fingerprint density at radius 1 is 1.39 bits per heavy atom. The Labute approximate surface area is 113 Å². The molecule has 1 nitrogen and oxygen atoms in total. The molecule has 0 fully saturated rings. The van der Waals surface area contributed by atoms with Gasteiger partial charge in [-0.25, -0.2) is 0 Å². The van der Waals surface area contributed by atoms with Gasteiger partial charge in [-0.1, -0.05) is 6.07 Å². The van der Waals surface area contributed by atoms with Gasteiger partial charge in [-0.3, -0.25) is 4.31 Å². The molecule has 0 N–H and O–H groups in total. The fraction of sp³-hybridized carbons (Fsp3) is 0.333. The van der Waals surface area contributed by atoms with Crippen LogP contribution in [0.5, 0.6) is 0 Å². The van der Waals surface area contributed by atoms with E-state index >= 15 is 0 Å². The number of anilines is 1. The Hall–Kier alpha value is -0.810. The number of benzene rings is 1. The molecule has 0 saturated carbocycles. The van der Waals surface area contributed by atoms with Crippen LogP contribution in [0.2, 0.25) is 0 Å². The van der Waals surface area contributed by atoms with E-state index in [0.29, 0.717) is 11.6 Å². The van der Waals surface area contributed by atoms with Gasteiger partial charge in [0.1, 0.15) is 0 Å². The second-order valence-corrected chi connectivity index (χ2v) is 5.48. The van der Waals surface area contributed by atoms with Crippen LogP contribution in [0.4, 0.5) is 18.9 Å². The van der Waals surface area contributed by atoms with Crippen LogP contribution in [0.3, 0.4) is 0 Å². The minimum Gasteiger partial charge on any atom is -0.291 e. The van der Waals surface area contributed by atoms with Crippen LogP contribution in [0, 0.1) is 0 Å². The van der Waals surface area contributed by atoms with E-state index in [-0.39, 0.29) is 5.25 Å². The molecule has 0 spiro atoms. The van der Waals surface area contributed by atoms with Crippen molar-refractivity contribution in [1.29, 1.82) is 0 Å². The molecule has 0 aromatic heterocycles. The number of halogens is 4. The van der Waals surface area contributed by atoms with Crippen LogP contribution < -0.4 is 4.31 Å². The summed E-state index contributed by atoms with van der Waals surface area (Å²) in [6.07, 6.45) is -2.49. The van der Waals surface area contributed by atoms with Gasteiger partial charge in [0.25, 0.3) is 0 Å². The number of hydrogen-bond acceptors (Lipinski definition) is 2. The summed E-state index contributed by atoms with van der Waals surface area (Å²) in [5, 5.41) is 0.126. The summed E-state index contributed by atoms with van der Waals surface area (Å²) in [6.45, 7) is 1.92. The van der Waals surface area contributed by atoms with Crippen LogP contribution in [0.1, 0.15) is 12.5 Å². The highest BCUT2D eigenvalue weighted by Gasteiger charge is 2.31. The number of rotatable bonds is 2. The molecule has 98 valence electrons. The summed E-state index contributed by atoms with van der Waals surface area (Å²) in [4.78, 5) is 0. The van der Waals surface area contributed by atoms with Gasteiger partial charge in [0.05, 0.1) is 16.5 Å². The molecule has 1 aromatic carbocycles. The Morgan fingerprint density at radius 2 is 2.11 bits per heavy atom. The summed E-state index contributed by atoms with van der Waals surface area (Å²) in [5.74, 6) is 0.447. The summed E-state index contributed by atoms with van der Waals surface area (Å²) in [7, 11) is 0. The molecular weight excluding hydrogens is 283 g/mol. The van der Waals surface area contributed by atoms with Crippen molar-refractivity contribution >= 4 is 29.2 Å². The van der Waals surface area contributed by atoms with Crippen LogP contribution >= 0.6 is 23.5 Å². The van der Waals surface area contributed by atoms with Crippen molar-refractivity contribution in [2.75, 3.05) is 10.2 Å². The Bertz CT molecular complexity index is 473. The molecular formula is C12H11ClF3NS. The molecule has 0 saturated heterocycles. The minimum atomic E-state index is -4.31. The first kappa shape index (κ1) is 13.6. The second kappa shape index (κ2) is 5.05. The molecule has 2 rings (SSSR count). The predicted octanol–water partition coefficient (Wildman–Crippen LogP) is 4.68. The maximum Gasteiger partial charge on any atom is 0.416 e. The van der Waals surface area contributed by atoms with Crippen LogP contribution in [-0.4, -0.2) is 11.1 Å². The lowest BCUT2D eigenvalue weighted by atomic mass is 10.2. The Morgan fingerprint density at radius 3 is 2.67 bits per heavy atom. The molecule has 18 heavy (non-hydrogen) atoms. The van der Waals surface area contributed by atoms with Crippen molar-refractivity contribution < 1.29 is 13.2 Å². The van der Waals surface area contributed by atoms with E-state index < -0.39 is 11.7 Å². The highest BCUT2D eigenvalue weighted by atomic mass is 35.5. The van der Waals surface area contributed by atoms with Crippen LogP contribution in [0.15, 0.2) is 36.0 Å². The molecule has 1 aliphatic rings. The third kappa shape index (κ3) is 2.78. The average molecular weight is 294 g/mol. The number of alkyl halides is 4. The average Bonchev–Trinajstić information content (AvgIpc) is 2.70. The quantitative estimate of drug-likeness (QED) is 0.575. The zero-order valence-corrected chi connectivity index (χ0v) is 11.1. The summed E-state index contributed by atoms with van der Waals surface area (Å²) < 4.78 is 39.6. The van der Waals surface area contributed by atoms with Crippen molar-refractivity contribution in [2.45, 2.75) is 18.3 Å².